The molecule has 2 rings (SSSR count). The molecule has 2 heteroatoms. The molecular formula is C12H19NS. The van der Waals surface area contributed by atoms with Gasteiger partial charge in [0.05, 0.1) is 0 Å². The first kappa shape index (κ1) is 10.2. The highest BCUT2D eigenvalue weighted by molar-refractivity contribution is 7.12. The van der Waals surface area contributed by atoms with E-state index in [0.717, 1.165) is 12.0 Å². The zero-order valence-electron chi connectivity index (χ0n) is 9.21. The number of thiophene rings is 1. The molecule has 78 valence electrons. The van der Waals surface area contributed by atoms with Crippen molar-refractivity contribution in [2.75, 3.05) is 0 Å². The Bertz CT molecular complexity index is 299. The van der Waals surface area contributed by atoms with E-state index in [1.54, 1.807) is 0 Å². The Hall–Kier alpha value is -0.340. The third-order valence-electron chi connectivity index (χ3n) is 3.05. The van der Waals surface area contributed by atoms with Gasteiger partial charge in [-0.3, -0.25) is 0 Å². The van der Waals surface area contributed by atoms with Gasteiger partial charge in [-0.15, -0.1) is 11.3 Å². The van der Waals surface area contributed by atoms with Crippen LogP contribution in [0.5, 0.6) is 0 Å². The van der Waals surface area contributed by atoms with Crippen molar-refractivity contribution in [2.45, 2.75) is 45.7 Å². The van der Waals surface area contributed by atoms with Crippen LogP contribution in [0.25, 0.3) is 0 Å². The quantitative estimate of drug-likeness (QED) is 0.803. The molecule has 0 radical (unpaired) electrons. The van der Waals surface area contributed by atoms with Crippen molar-refractivity contribution in [1.82, 2.24) is 5.32 Å². The molecule has 0 amide bonds. The summed E-state index contributed by atoms with van der Waals surface area (Å²) in [7, 11) is 0. The highest BCUT2D eigenvalue weighted by Gasteiger charge is 2.26. The van der Waals surface area contributed by atoms with E-state index < -0.39 is 0 Å². The molecule has 14 heavy (non-hydrogen) atoms. The number of hydrogen-bond donors (Lipinski definition) is 1. The Morgan fingerprint density at radius 1 is 1.43 bits per heavy atom. The lowest BCUT2D eigenvalue weighted by Crippen LogP contribution is -2.41. The minimum atomic E-state index is 0.534. The molecular weight excluding hydrogens is 190 g/mol. The summed E-state index contributed by atoms with van der Waals surface area (Å²) >= 11 is 1.91. The summed E-state index contributed by atoms with van der Waals surface area (Å²) < 4.78 is 0. The van der Waals surface area contributed by atoms with E-state index in [2.05, 4.69) is 38.2 Å². The Labute approximate surface area is 90.5 Å². The molecule has 1 fully saturated rings. The molecule has 1 atom stereocenters. The van der Waals surface area contributed by atoms with Gasteiger partial charge in [-0.25, -0.2) is 0 Å². The van der Waals surface area contributed by atoms with E-state index >= 15 is 0 Å². The van der Waals surface area contributed by atoms with Gasteiger partial charge in [0.2, 0.25) is 0 Å². The molecule has 1 saturated carbocycles. The predicted octanol–water partition coefficient (Wildman–Crippen LogP) is 3.51. The first-order valence-corrected chi connectivity index (χ1v) is 6.29. The van der Waals surface area contributed by atoms with Crippen LogP contribution in [0.1, 0.15) is 42.5 Å². The monoisotopic (exact) mass is 209 g/mol. The van der Waals surface area contributed by atoms with E-state index in [1.165, 1.54) is 22.6 Å². The fourth-order valence-electron chi connectivity index (χ4n) is 2.16. The number of rotatable bonds is 3. The molecule has 0 saturated heterocycles. The number of aryl methyl sites for hydroxylation is 1. The summed E-state index contributed by atoms with van der Waals surface area (Å²) in [6.45, 7) is 6.78. The molecule has 1 aliphatic carbocycles. The van der Waals surface area contributed by atoms with Gasteiger partial charge in [-0.1, -0.05) is 6.92 Å². The fraction of sp³-hybridized carbons (Fsp3) is 0.667. The van der Waals surface area contributed by atoms with Crippen molar-refractivity contribution in [2.24, 2.45) is 5.92 Å². The summed E-state index contributed by atoms with van der Waals surface area (Å²) in [4.78, 5) is 2.89. The molecule has 0 bridgehead atoms. The maximum absolute atomic E-state index is 3.69. The van der Waals surface area contributed by atoms with E-state index in [0.29, 0.717) is 6.04 Å². The second-order valence-electron chi connectivity index (χ2n) is 4.61. The highest BCUT2D eigenvalue weighted by Crippen LogP contribution is 2.30. The van der Waals surface area contributed by atoms with Gasteiger partial charge in [0.1, 0.15) is 0 Å². The SMILES string of the molecule is Cc1ccc(C(C)NC2CC(C)C2)s1. The summed E-state index contributed by atoms with van der Waals surface area (Å²) in [6, 6.07) is 5.76. The van der Waals surface area contributed by atoms with Crippen molar-refractivity contribution in [3.05, 3.63) is 21.9 Å². The minimum Gasteiger partial charge on any atom is -0.307 e. The van der Waals surface area contributed by atoms with Gasteiger partial charge in [0, 0.05) is 21.8 Å². The molecule has 1 heterocycles. The first-order chi connectivity index (χ1) is 6.65. The first-order valence-electron chi connectivity index (χ1n) is 5.47. The van der Waals surface area contributed by atoms with Crippen molar-refractivity contribution < 1.29 is 0 Å². The maximum Gasteiger partial charge on any atom is 0.0388 e. The van der Waals surface area contributed by atoms with Gasteiger partial charge < -0.3 is 5.32 Å². The van der Waals surface area contributed by atoms with E-state index in [-0.39, 0.29) is 0 Å². The molecule has 0 aromatic carbocycles. The molecule has 1 nitrogen and oxygen atoms in total. The zero-order valence-corrected chi connectivity index (χ0v) is 10.0. The zero-order chi connectivity index (χ0) is 10.1. The van der Waals surface area contributed by atoms with Crippen molar-refractivity contribution >= 4 is 11.3 Å². The second-order valence-corrected chi connectivity index (χ2v) is 5.93. The lowest BCUT2D eigenvalue weighted by atomic mass is 9.81. The van der Waals surface area contributed by atoms with Crippen LogP contribution >= 0.6 is 11.3 Å². The van der Waals surface area contributed by atoms with Gasteiger partial charge >= 0.3 is 0 Å². The standard InChI is InChI=1S/C12H19NS/c1-8-6-11(7-8)13-10(3)12-5-4-9(2)14-12/h4-5,8,10-11,13H,6-7H2,1-3H3. The molecule has 0 aliphatic heterocycles. The molecule has 1 aromatic rings. The van der Waals surface area contributed by atoms with Crippen LogP contribution in [0.15, 0.2) is 12.1 Å². The lowest BCUT2D eigenvalue weighted by Gasteiger charge is -2.35. The molecule has 0 spiro atoms. The van der Waals surface area contributed by atoms with Crippen molar-refractivity contribution in [1.29, 1.82) is 0 Å². The third kappa shape index (κ3) is 2.18. The minimum absolute atomic E-state index is 0.534. The smallest absolute Gasteiger partial charge is 0.0388 e. The summed E-state index contributed by atoms with van der Waals surface area (Å²) in [5.74, 6) is 0.935. The topological polar surface area (TPSA) is 12.0 Å². The molecule has 1 unspecified atom stereocenters. The van der Waals surface area contributed by atoms with E-state index in [1.807, 2.05) is 11.3 Å². The lowest BCUT2D eigenvalue weighted by molar-refractivity contribution is 0.227. The Morgan fingerprint density at radius 2 is 2.14 bits per heavy atom. The van der Waals surface area contributed by atoms with E-state index in [9.17, 15) is 0 Å². The van der Waals surface area contributed by atoms with Crippen LogP contribution in [0.4, 0.5) is 0 Å². The highest BCUT2D eigenvalue weighted by atomic mass is 32.1. The van der Waals surface area contributed by atoms with Crippen molar-refractivity contribution in [3.8, 4) is 0 Å². The van der Waals surface area contributed by atoms with E-state index in [4.69, 9.17) is 0 Å². The van der Waals surface area contributed by atoms with Crippen LogP contribution in [0.3, 0.4) is 0 Å². The van der Waals surface area contributed by atoms with Crippen LogP contribution in [-0.2, 0) is 0 Å². The fourth-order valence-corrected chi connectivity index (χ4v) is 3.05. The predicted molar refractivity (Wildman–Crippen MR) is 62.8 cm³/mol. The van der Waals surface area contributed by atoms with Gasteiger partial charge in [-0.2, -0.15) is 0 Å². The summed E-state index contributed by atoms with van der Waals surface area (Å²) in [5.41, 5.74) is 0. The van der Waals surface area contributed by atoms with Crippen LogP contribution in [0, 0.1) is 12.8 Å². The summed E-state index contributed by atoms with van der Waals surface area (Å²) in [5, 5.41) is 3.69. The summed E-state index contributed by atoms with van der Waals surface area (Å²) in [6.07, 6.45) is 2.71. The molecule has 1 aliphatic rings. The third-order valence-corrected chi connectivity index (χ3v) is 4.23. The van der Waals surface area contributed by atoms with Gasteiger partial charge in [0.15, 0.2) is 0 Å². The van der Waals surface area contributed by atoms with Gasteiger partial charge in [-0.05, 0) is 44.7 Å². The Kier molecular flexibility index (Phi) is 2.93. The molecule has 1 N–H and O–H groups in total. The van der Waals surface area contributed by atoms with Crippen LogP contribution in [-0.4, -0.2) is 6.04 Å². The average Bonchev–Trinajstić information content (AvgIpc) is 2.49. The second kappa shape index (κ2) is 4.03. The Morgan fingerprint density at radius 3 is 2.64 bits per heavy atom. The van der Waals surface area contributed by atoms with Crippen LogP contribution in [0.2, 0.25) is 0 Å². The van der Waals surface area contributed by atoms with Crippen molar-refractivity contribution in [3.63, 3.8) is 0 Å². The largest absolute Gasteiger partial charge is 0.307 e. The van der Waals surface area contributed by atoms with Crippen LogP contribution < -0.4 is 5.32 Å². The average molecular weight is 209 g/mol. The Balaban J connectivity index is 1.86. The van der Waals surface area contributed by atoms with Gasteiger partial charge in [0.25, 0.3) is 0 Å². The number of nitrogens with one attached hydrogen (secondary N) is 1. The normalized spacial score (nSPS) is 28.5. The number of hydrogen-bond acceptors (Lipinski definition) is 2. The molecule has 1 aromatic heterocycles. The maximum atomic E-state index is 3.69.